The van der Waals surface area contributed by atoms with E-state index in [2.05, 4.69) is 10.0 Å². The van der Waals surface area contributed by atoms with Gasteiger partial charge in [0.15, 0.2) is 0 Å². The highest BCUT2D eigenvalue weighted by Gasteiger charge is 2.30. The molecule has 3 N–H and O–H groups in total. The minimum absolute atomic E-state index is 0.0703. The Morgan fingerprint density at radius 2 is 1.64 bits per heavy atom. The zero-order valence-corrected chi connectivity index (χ0v) is 15.0. The normalized spacial score (nSPS) is 21.8. The highest BCUT2D eigenvalue weighted by Crippen LogP contribution is 2.23. The lowest BCUT2D eigenvalue weighted by Gasteiger charge is -2.27. The summed E-state index contributed by atoms with van der Waals surface area (Å²) >= 11 is 0. The Morgan fingerprint density at radius 1 is 1.04 bits per heavy atom. The van der Waals surface area contributed by atoms with Crippen LogP contribution in [0.5, 0.6) is 0 Å². The predicted molar refractivity (Wildman–Crippen MR) is 92.8 cm³/mol. The molecule has 1 aromatic carbocycles. The number of nitrogens with one attached hydrogen (secondary N) is 2. The van der Waals surface area contributed by atoms with Gasteiger partial charge in [-0.2, -0.15) is 0 Å². The SMILES string of the molecule is CNS(=O)(=O)c1ccc(C(=O)NC2CCCCCCC2C(=O)O)cc1. The summed E-state index contributed by atoms with van der Waals surface area (Å²) in [5.41, 5.74) is 0.307. The van der Waals surface area contributed by atoms with Gasteiger partial charge in [0.1, 0.15) is 0 Å². The molecular formula is C17H24N2O5S. The smallest absolute Gasteiger partial charge is 0.308 e. The molecule has 0 aromatic heterocycles. The Labute approximate surface area is 147 Å². The van der Waals surface area contributed by atoms with Gasteiger partial charge < -0.3 is 10.4 Å². The number of amides is 1. The maximum Gasteiger partial charge on any atom is 0.308 e. The number of carboxylic acid groups (broad SMARTS) is 1. The average Bonchev–Trinajstić information content (AvgIpc) is 2.57. The van der Waals surface area contributed by atoms with E-state index in [4.69, 9.17) is 0 Å². The second kappa shape index (κ2) is 8.44. The third kappa shape index (κ3) is 5.02. The highest BCUT2D eigenvalue weighted by molar-refractivity contribution is 7.89. The van der Waals surface area contributed by atoms with Gasteiger partial charge in [0.05, 0.1) is 10.8 Å². The first kappa shape index (κ1) is 19.4. The number of carbonyl (C=O) groups excluding carboxylic acids is 1. The molecule has 0 aliphatic heterocycles. The molecule has 1 saturated carbocycles. The van der Waals surface area contributed by atoms with Gasteiger partial charge in [-0.15, -0.1) is 0 Å². The molecule has 2 rings (SSSR count). The van der Waals surface area contributed by atoms with Crippen molar-refractivity contribution in [2.24, 2.45) is 5.92 Å². The van der Waals surface area contributed by atoms with Gasteiger partial charge in [-0.05, 0) is 44.2 Å². The van der Waals surface area contributed by atoms with Crippen molar-refractivity contribution in [3.63, 3.8) is 0 Å². The largest absolute Gasteiger partial charge is 0.481 e. The number of hydrogen-bond donors (Lipinski definition) is 3. The van der Waals surface area contributed by atoms with Crippen LogP contribution in [0.2, 0.25) is 0 Å². The molecule has 1 aliphatic rings. The Hall–Kier alpha value is -1.93. The molecule has 138 valence electrons. The molecule has 2 atom stereocenters. The minimum Gasteiger partial charge on any atom is -0.481 e. The highest BCUT2D eigenvalue weighted by atomic mass is 32.2. The molecule has 7 nitrogen and oxygen atoms in total. The summed E-state index contributed by atoms with van der Waals surface area (Å²) in [6, 6.07) is 5.16. The molecule has 0 heterocycles. The molecule has 1 amide bonds. The van der Waals surface area contributed by atoms with Gasteiger partial charge in [0.2, 0.25) is 10.0 Å². The monoisotopic (exact) mass is 368 g/mol. The minimum atomic E-state index is -3.56. The fourth-order valence-electron chi connectivity index (χ4n) is 3.11. The molecule has 0 radical (unpaired) electrons. The lowest BCUT2D eigenvalue weighted by Crippen LogP contribution is -2.43. The topological polar surface area (TPSA) is 113 Å². The summed E-state index contributed by atoms with van der Waals surface area (Å²) in [5, 5.41) is 12.3. The molecular weight excluding hydrogens is 344 g/mol. The van der Waals surface area contributed by atoms with Gasteiger partial charge in [-0.1, -0.05) is 25.7 Å². The zero-order chi connectivity index (χ0) is 18.4. The van der Waals surface area contributed by atoms with Crippen molar-refractivity contribution >= 4 is 21.9 Å². The number of sulfonamides is 1. The van der Waals surface area contributed by atoms with Crippen LogP contribution in [0.1, 0.15) is 48.9 Å². The third-order valence-corrected chi connectivity index (χ3v) is 6.03. The molecule has 0 saturated heterocycles. The molecule has 2 unspecified atom stereocenters. The number of aliphatic carboxylic acids is 1. The lowest BCUT2D eigenvalue weighted by molar-refractivity contribution is -0.143. The molecule has 1 aliphatic carbocycles. The van der Waals surface area contributed by atoms with Crippen LogP contribution >= 0.6 is 0 Å². The molecule has 0 spiro atoms. The summed E-state index contributed by atoms with van der Waals surface area (Å²) < 4.78 is 25.6. The third-order valence-electron chi connectivity index (χ3n) is 4.60. The van der Waals surface area contributed by atoms with E-state index in [1.807, 2.05) is 0 Å². The number of benzene rings is 1. The zero-order valence-electron chi connectivity index (χ0n) is 14.2. The van der Waals surface area contributed by atoms with E-state index < -0.39 is 28.0 Å². The molecule has 1 fully saturated rings. The Kier molecular flexibility index (Phi) is 6.55. The fourth-order valence-corrected chi connectivity index (χ4v) is 3.84. The maximum atomic E-state index is 12.4. The summed E-state index contributed by atoms with van der Waals surface area (Å²) in [4.78, 5) is 24.0. The van der Waals surface area contributed by atoms with Crippen LogP contribution in [-0.4, -0.2) is 38.5 Å². The summed E-state index contributed by atoms with van der Waals surface area (Å²) in [5.74, 6) is -1.86. The van der Waals surface area contributed by atoms with E-state index in [1.54, 1.807) is 0 Å². The van der Waals surface area contributed by atoms with Crippen molar-refractivity contribution in [3.05, 3.63) is 29.8 Å². The van der Waals surface area contributed by atoms with Crippen LogP contribution < -0.4 is 10.0 Å². The second-order valence-electron chi connectivity index (χ2n) is 6.25. The van der Waals surface area contributed by atoms with Crippen molar-refractivity contribution in [1.82, 2.24) is 10.0 Å². The van der Waals surface area contributed by atoms with Gasteiger partial charge in [0.25, 0.3) is 5.91 Å². The Bertz CT molecular complexity index is 715. The predicted octanol–water partition coefficient (Wildman–Crippen LogP) is 1.75. The number of carbonyl (C=O) groups is 2. The Balaban J connectivity index is 2.12. The van der Waals surface area contributed by atoms with Gasteiger partial charge in [0, 0.05) is 11.6 Å². The summed E-state index contributed by atoms with van der Waals surface area (Å²) in [6.45, 7) is 0. The van der Waals surface area contributed by atoms with E-state index in [9.17, 15) is 23.1 Å². The van der Waals surface area contributed by atoms with Crippen molar-refractivity contribution in [3.8, 4) is 0 Å². The first-order valence-electron chi connectivity index (χ1n) is 8.42. The average molecular weight is 368 g/mol. The fraction of sp³-hybridized carbons (Fsp3) is 0.529. The molecule has 8 heteroatoms. The van der Waals surface area contributed by atoms with Crippen molar-refractivity contribution in [2.45, 2.75) is 49.5 Å². The van der Waals surface area contributed by atoms with Gasteiger partial charge >= 0.3 is 5.97 Å². The van der Waals surface area contributed by atoms with Gasteiger partial charge in [-0.3, -0.25) is 9.59 Å². The second-order valence-corrected chi connectivity index (χ2v) is 8.13. The van der Waals surface area contributed by atoms with Crippen LogP contribution in [0.4, 0.5) is 0 Å². The lowest BCUT2D eigenvalue weighted by atomic mass is 9.86. The van der Waals surface area contributed by atoms with E-state index in [1.165, 1.54) is 31.3 Å². The number of rotatable bonds is 5. The quantitative estimate of drug-likeness (QED) is 0.733. The molecule has 1 aromatic rings. The maximum absolute atomic E-state index is 12.4. The van der Waals surface area contributed by atoms with Crippen LogP contribution in [0.15, 0.2) is 29.2 Å². The van der Waals surface area contributed by atoms with Crippen LogP contribution in [0.3, 0.4) is 0 Å². The van der Waals surface area contributed by atoms with E-state index in [0.29, 0.717) is 18.4 Å². The Morgan fingerprint density at radius 3 is 2.20 bits per heavy atom. The first-order chi connectivity index (χ1) is 11.8. The summed E-state index contributed by atoms with van der Waals surface area (Å²) in [7, 11) is -2.24. The van der Waals surface area contributed by atoms with E-state index in [-0.39, 0.29) is 10.8 Å². The molecule has 0 bridgehead atoms. The van der Waals surface area contributed by atoms with Gasteiger partial charge in [-0.25, -0.2) is 13.1 Å². The number of carboxylic acids is 1. The molecule has 25 heavy (non-hydrogen) atoms. The van der Waals surface area contributed by atoms with Crippen molar-refractivity contribution in [2.75, 3.05) is 7.05 Å². The van der Waals surface area contributed by atoms with Crippen molar-refractivity contribution in [1.29, 1.82) is 0 Å². The van der Waals surface area contributed by atoms with Crippen LogP contribution in [-0.2, 0) is 14.8 Å². The standard InChI is InChI=1S/C17H24N2O5S/c1-18-25(23,24)13-10-8-12(9-11-13)16(20)19-15-7-5-3-2-4-6-14(15)17(21)22/h8-11,14-15,18H,2-7H2,1H3,(H,19,20)(H,21,22). The number of hydrogen-bond acceptors (Lipinski definition) is 4. The first-order valence-corrected chi connectivity index (χ1v) is 9.91. The van der Waals surface area contributed by atoms with E-state index in [0.717, 1.165) is 25.7 Å². The summed E-state index contributed by atoms with van der Waals surface area (Å²) in [6.07, 6.45) is 4.98. The van der Waals surface area contributed by atoms with Crippen LogP contribution in [0.25, 0.3) is 0 Å². The van der Waals surface area contributed by atoms with Crippen LogP contribution in [0, 0.1) is 5.92 Å². The van der Waals surface area contributed by atoms with E-state index >= 15 is 0 Å². The van der Waals surface area contributed by atoms with Crippen molar-refractivity contribution < 1.29 is 23.1 Å².